The molecule has 0 saturated carbocycles. The first-order valence-corrected chi connectivity index (χ1v) is 3.12. The van der Waals surface area contributed by atoms with Gasteiger partial charge >= 0.3 is 0 Å². The van der Waals surface area contributed by atoms with E-state index in [9.17, 15) is 0 Å². The van der Waals surface area contributed by atoms with Gasteiger partial charge in [0.1, 0.15) is 0 Å². The second-order valence-corrected chi connectivity index (χ2v) is 1.68. The molecule has 0 heteroatoms. The van der Waals surface area contributed by atoms with Crippen LogP contribution >= 0.6 is 0 Å². The van der Waals surface area contributed by atoms with Crippen molar-refractivity contribution in [1.29, 1.82) is 0 Å². The van der Waals surface area contributed by atoms with E-state index in [-0.39, 0.29) is 0 Å². The van der Waals surface area contributed by atoms with Crippen molar-refractivity contribution >= 4 is 0 Å². The van der Waals surface area contributed by atoms with E-state index in [0.717, 1.165) is 5.57 Å². The first-order chi connectivity index (χ1) is 4.81. The Balaban J connectivity index is 4.29. The minimum Gasteiger partial charge on any atom is -0.113 e. The zero-order valence-electron chi connectivity index (χ0n) is 6.58. The van der Waals surface area contributed by atoms with Gasteiger partial charge in [0.15, 0.2) is 0 Å². The Kier molecular flexibility index (Phi) is 4.99. The average Bonchev–Trinajstić information content (AvgIpc) is 1.89. The first-order valence-electron chi connectivity index (χ1n) is 3.12. The summed E-state index contributed by atoms with van der Waals surface area (Å²) in [4.78, 5) is 0. The summed E-state index contributed by atoms with van der Waals surface area (Å²) in [6.45, 7) is 5.59. The Morgan fingerprint density at radius 2 is 2.00 bits per heavy atom. The SMILES string of the molecule is CC#CC#CC(C)=C=CC. The van der Waals surface area contributed by atoms with Gasteiger partial charge in [0.25, 0.3) is 0 Å². The fourth-order valence-electron chi connectivity index (χ4n) is 0.440. The van der Waals surface area contributed by atoms with E-state index < -0.39 is 0 Å². The van der Waals surface area contributed by atoms with Crippen molar-refractivity contribution in [3.8, 4) is 23.7 Å². The highest BCUT2D eigenvalue weighted by Crippen LogP contribution is 1.82. The van der Waals surface area contributed by atoms with Crippen molar-refractivity contribution in [2.24, 2.45) is 0 Å². The quantitative estimate of drug-likeness (QED) is 0.348. The molecular formula is C10H10. The molecule has 0 heterocycles. The van der Waals surface area contributed by atoms with Crippen molar-refractivity contribution in [1.82, 2.24) is 0 Å². The molecule has 0 aromatic carbocycles. The van der Waals surface area contributed by atoms with Gasteiger partial charge in [0.2, 0.25) is 0 Å². The third-order valence-corrected chi connectivity index (χ3v) is 0.798. The van der Waals surface area contributed by atoms with Gasteiger partial charge in [0, 0.05) is 5.57 Å². The van der Waals surface area contributed by atoms with Gasteiger partial charge in [-0.05, 0) is 44.6 Å². The predicted octanol–water partition coefficient (Wildman–Crippen LogP) is 2.13. The van der Waals surface area contributed by atoms with Crippen molar-refractivity contribution in [2.45, 2.75) is 20.8 Å². The third kappa shape index (κ3) is 4.79. The van der Waals surface area contributed by atoms with Gasteiger partial charge in [-0.1, -0.05) is 5.92 Å². The molecule has 0 aliphatic carbocycles. The van der Waals surface area contributed by atoms with E-state index in [1.807, 2.05) is 19.9 Å². The molecule has 0 aromatic rings. The van der Waals surface area contributed by atoms with E-state index in [2.05, 4.69) is 29.4 Å². The van der Waals surface area contributed by atoms with Crippen molar-refractivity contribution in [3.63, 3.8) is 0 Å². The Hall–Kier alpha value is -1.36. The summed E-state index contributed by atoms with van der Waals surface area (Å²) in [7, 11) is 0. The molecule has 0 fully saturated rings. The minimum atomic E-state index is 0.922. The number of hydrogen-bond donors (Lipinski definition) is 0. The lowest BCUT2D eigenvalue weighted by Crippen LogP contribution is -1.61. The van der Waals surface area contributed by atoms with Crippen LogP contribution in [0.15, 0.2) is 17.4 Å². The number of allylic oxidation sites excluding steroid dienone is 1. The summed E-state index contributed by atoms with van der Waals surface area (Å²) in [5.74, 6) is 10.9. The van der Waals surface area contributed by atoms with Gasteiger partial charge in [-0.3, -0.25) is 0 Å². The summed E-state index contributed by atoms with van der Waals surface area (Å²) >= 11 is 0. The summed E-state index contributed by atoms with van der Waals surface area (Å²) in [5, 5.41) is 0. The van der Waals surface area contributed by atoms with Crippen LogP contribution in [-0.4, -0.2) is 0 Å². The zero-order valence-corrected chi connectivity index (χ0v) is 6.58. The van der Waals surface area contributed by atoms with Crippen LogP contribution in [0, 0.1) is 23.7 Å². The van der Waals surface area contributed by atoms with Gasteiger partial charge in [-0.15, -0.1) is 5.73 Å². The summed E-state index contributed by atoms with van der Waals surface area (Å²) < 4.78 is 0. The van der Waals surface area contributed by atoms with Crippen LogP contribution in [0.5, 0.6) is 0 Å². The smallest absolute Gasteiger partial charge is 0.0414 e. The molecule has 0 unspecified atom stereocenters. The van der Waals surface area contributed by atoms with Crippen LogP contribution in [0.2, 0.25) is 0 Å². The number of hydrogen-bond acceptors (Lipinski definition) is 0. The lowest BCUT2D eigenvalue weighted by Gasteiger charge is -1.72. The molecule has 0 bridgehead atoms. The monoisotopic (exact) mass is 130 g/mol. The average molecular weight is 130 g/mol. The largest absolute Gasteiger partial charge is 0.113 e. The Bertz CT molecular complexity index is 265. The summed E-state index contributed by atoms with van der Waals surface area (Å²) in [6, 6.07) is 0. The van der Waals surface area contributed by atoms with Crippen LogP contribution in [0.3, 0.4) is 0 Å². The predicted molar refractivity (Wildman–Crippen MR) is 44.2 cm³/mol. The van der Waals surface area contributed by atoms with Crippen LogP contribution in [-0.2, 0) is 0 Å². The molecule has 0 rings (SSSR count). The second-order valence-electron chi connectivity index (χ2n) is 1.68. The molecule has 0 aromatic heterocycles. The fraction of sp³-hybridized carbons (Fsp3) is 0.300. The molecule has 0 aliphatic heterocycles. The first kappa shape index (κ1) is 8.64. The van der Waals surface area contributed by atoms with E-state index in [1.165, 1.54) is 0 Å². The summed E-state index contributed by atoms with van der Waals surface area (Å²) in [5.41, 5.74) is 3.88. The van der Waals surface area contributed by atoms with E-state index in [4.69, 9.17) is 0 Å². The van der Waals surface area contributed by atoms with Crippen molar-refractivity contribution in [2.75, 3.05) is 0 Å². The number of rotatable bonds is 0. The molecule has 0 saturated heterocycles. The Morgan fingerprint density at radius 3 is 2.50 bits per heavy atom. The molecular weight excluding hydrogens is 120 g/mol. The molecule has 0 amide bonds. The van der Waals surface area contributed by atoms with Gasteiger partial charge < -0.3 is 0 Å². The molecule has 50 valence electrons. The minimum absolute atomic E-state index is 0.922. The summed E-state index contributed by atoms with van der Waals surface area (Å²) in [6.07, 6.45) is 1.84. The topological polar surface area (TPSA) is 0 Å². The van der Waals surface area contributed by atoms with Crippen LogP contribution in [0.25, 0.3) is 0 Å². The molecule has 0 radical (unpaired) electrons. The fourth-order valence-corrected chi connectivity index (χ4v) is 0.440. The van der Waals surface area contributed by atoms with Gasteiger partial charge in [-0.2, -0.15) is 0 Å². The molecule has 0 atom stereocenters. The lowest BCUT2D eigenvalue weighted by atomic mass is 10.3. The van der Waals surface area contributed by atoms with E-state index in [0.29, 0.717) is 0 Å². The zero-order chi connectivity index (χ0) is 7.82. The van der Waals surface area contributed by atoms with Crippen LogP contribution in [0.4, 0.5) is 0 Å². The third-order valence-electron chi connectivity index (χ3n) is 0.798. The lowest BCUT2D eigenvalue weighted by molar-refractivity contribution is 1.58. The Labute approximate surface area is 62.6 Å². The highest BCUT2D eigenvalue weighted by Gasteiger charge is 1.70. The van der Waals surface area contributed by atoms with Crippen molar-refractivity contribution < 1.29 is 0 Å². The molecule has 0 aliphatic rings. The van der Waals surface area contributed by atoms with E-state index >= 15 is 0 Å². The standard InChI is InChI=1S/C10H10/c1-4-6-7-9-10(3)8-5-2/h5H,1-3H3. The Morgan fingerprint density at radius 1 is 1.30 bits per heavy atom. The highest BCUT2D eigenvalue weighted by atomic mass is 13.7. The maximum Gasteiger partial charge on any atom is 0.0414 e. The van der Waals surface area contributed by atoms with Crippen molar-refractivity contribution in [3.05, 3.63) is 17.4 Å². The highest BCUT2D eigenvalue weighted by molar-refractivity contribution is 5.34. The van der Waals surface area contributed by atoms with Crippen LogP contribution < -0.4 is 0 Å². The van der Waals surface area contributed by atoms with Gasteiger partial charge in [-0.25, -0.2) is 0 Å². The molecule has 0 N–H and O–H groups in total. The molecule has 10 heavy (non-hydrogen) atoms. The maximum absolute atomic E-state index is 2.95. The second kappa shape index (κ2) is 5.77. The normalized spacial score (nSPS) is 5.50. The van der Waals surface area contributed by atoms with Crippen LogP contribution in [0.1, 0.15) is 20.8 Å². The maximum atomic E-state index is 2.95. The van der Waals surface area contributed by atoms with E-state index in [1.54, 1.807) is 6.92 Å². The van der Waals surface area contributed by atoms with Gasteiger partial charge in [0.05, 0.1) is 0 Å². The molecule has 0 nitrogen and oxygen atoms in total. The molecule has 0 spiro atoms.